The average molecular weight is 494 g/mol. The van der Waals surface area contributed by atoms with Gasteiger partial charge in [-0.2, -0.15) is 0 Å². The van der Waals surface area contributed by atoms with E-state index in [1.807, 2.05) is 48.6 Å². The van der Waals surface area contributed by atoms with E-state index in [2.05, 4.69) is 29.6 Å². The standard InChI is InChI=1S/C30H27N3O4/c34-29-27-21-11-12-22(17-21)28(27)30(35)32(29)23-13-14-25(26(18-23)33(36)37)31-16-15-24(19-7-3-1-4-8-19)20-9-5-2-6-10-20/h1-14,18,21-22,24,27-28,31H,15-17H2/t21-,22-,27-,28+/m0/s1. The van der Waals surface area contributed by atoms with Crippen LogP contribution in [0, 0.1) is 33.8 Å². The van der Waals surface area contributed by atoms with Gasteiger partial charge in [-0.05, 0) is 47.9 Å². The van der Waals surface area contributed by atoms with Crippen LogP contribution in [0.1, 0.15) is 29.9 Å². The molecule has 0 radical (unpaired) electrons. The SMILES string of the molecule is O=C1[C@@H]2[C@H](C(=O)N1c1ccc(NCCC(c3ccccc3)c3ccccc3)c([N+](=O)[O-])c1)[C@H]1C=C[C@H]2C1. The van der Waals surface area contributed by atoms with Crippen LogP contribution in [-0.4, -0.2) is 23.3 Å². The van der Waals surface area contributed by atoms with Crippen LogP contribution in [0.5, 0.6) is 0 Å². The van der Waals surface area contributed by atoms with Crippen molar-refractivity contribution in [1.29, 1.82) is 0 Å². The van der Waals surface area contributed by atoms with Gasteiger partial charge in [-0.3, -0.25) is 19.7 Å². The number of carbonyl (C=O) groups is 2. The van der Waals surface area contributed by atoms with E-state index < -0.39 is 4.92 Å². The topological polar surface area (TPSA) is 92.6 Å². The molecule has 37 heavy (non-hydrogen) atoms. The van der Waals surface area contributed by atoms with Gasteiger partial charge in [0.2, 0.25) is 11.8 Å². The number of nitro groups is 1. The highest BCUT2D eigenvalue weighted by Gasteiger charge is 2.59. The third kappa shape index (κ3) is 4.00. The van der Waals surface area contributed by atoms with Crippen molar-refractivity contribution in [3.05, 3.63) is 112 Å². The molecule has 7 nitrogen and oxygen atoms in total. The summed E-state index contributed by atoms with van der Waals surface area (Å²) in [6, 6.07) is 25.0. The number of anilines is 2. The molecule has 0 aromatic heterocycles. The van der Waals surface area contributed by atoms with Gasteiger partial charge in [0.05, 0.1) is 22.4 Å². The summed E-state index contributed by atoms with van der Waals surface area (Å²) in [5, 5.41) is 15.2. The molecule has 7 heteroatoms. The van der Waals surface area contributed by atoms with E-state index in [0.29, 0.717) is 12.2 Å². The number of hydrogen-bond donors (Lipinski definition) is 1. The van der Waals surface area contributed by atoms with Crippen LogP contribution in [0.2, 0.25) is 0 Å². The lowest BCUT2D eigenvalue weighted by Gasteiger charge is -2.20. The highest BCUT2D eigenvalue weighted by molar-refractivity contribution is 6.23. The van der Waals surface area contributed by atoms with E-state index in [1.54, 1.807) is 12.1 Å². The van der Waals surface area contributed by atoms with Crippen molar-refractivity contribution in [2.24, 2.45) is 23.7 Å². The van der Waals surface area contributed by atoms with E-state index in [4.69, 9.17) is 0 Å². The maximum absolute atomic E-state index is 13.2. The summed E-state index contributed by atoms with van der Waals surface area (Å²) in [6.07, 6.45) is 5.65. The van der Waals surface area contributed by atoms with Crippen molar-refractivity contribution in [3.8, 4) is 0 Å². The Morgan fingerprint density at radius 3 is 1.97 bits per heavy atom. The number of nitro benzene ring substituents is 1. The molecule has 0 unspecified atom stereocenters. The fourth-order valence-corrected chi connectivity index (χ4v) is 6.36. The van der Waals surface area contributed by atoms with Crippen LogP contribution in [0.3, 0.4) is 0 Å². The molecule has 1 N–H and O–H groups in total. The first-order valence-corrected chi connectivity index (χ1v) is 12.7. The Labute approximate surface area is 215 Å². The molecule has 1 saturated carbocycles. The first-order valence-electron chi connectivity index (χ1n) is 12.7. The summed E-state index contributed by atoms with van der Waals surface area (Å²) in [6.45, 7) is 0.509. The van der Waals surface area contributed by atoms with Crippen LogP contribution in [-0.2, 0) is 9.59 Å². The lowest BCUT2D eigenvalue weighted by molar-refractivity contribution is -0.383. The van der Waals surface area contributed by atoms with Crippen molar-refractivity contribution in [2.75, 3.05) is 16.8 Å². The highest BCUT2D eigenvalue weighted by Crippen LogP contribution is 2.53. The number of nitrogens with zero attached hydrogens (tertiary/aromatic N) is 2. The molecule has 1 saturated heterocycles. The number of nitrogens with one attached hydrogen (secondary N) is 1. The fraction of sp³-hybridized carbons (Fsp3) is 0.267. The maximum atomic E-state index is 13.2. The summed E-state index contributed by atoms with van der Waals surface area (Å²) in [5.41, 5.74) is 2.86. The lowest BCUT2D eigenvalue weighted by Crippen LogP contribution is -2.32. The Hall–Kier alpha value is -4.26. The van der Waals surface area contributed by atoms with E-state index in [1.165, 1.54) is 22.1 Å². The monoisotopic (exact) mass is 493 g/mol. The molecule has 3 aromatic rings. The molecule has 2 aliphatic carbocycles. The number of carbonyl (C=O) groups excluding carboxylic acids is 2. The molecular weight excluding hydrogens is 466 g/mol. The second-order valence-corrected chi connectivity index (χ2v) is 10.1. The number of fused-ring (bicyclic) bond motifs is 5. The van der Waals surface area contributed by atoms with Gasteiger partial charge >= 0.3 is 0 Å². The third-order valence-electron chi connectivity index (χ3n) is 8.06. The van der Waals surface area contributed by atoms with Crippen LogP contribution in [0.15, 0.2) is 91.0 Å². The molecule has 3 aromatic carbocycles. The Balaban J connectivity index is 1.21. The molecule has 2 fully saturated rings. The molecule has 186 valence electrons. The van der Waals surface area contributed by atoms with Gasteiger partial charge in [0.25, 0.3) is 5.69 Å². The molecule has 2 amide bonds. The highest BCUT2D eigenvalue weighted by atomic mass is 16.6. The van der Waals surface area contributed by atoms with Crippen molar-refractivity contribution in [1.82, 2.24) is 0 Å². The fourth-order valence-electron chi connectivity index (χ4n) is 6.36. The third-order valence-corrected chi connectivity index (χ3v) is 8.06. The molecule has 0 spiro atoms. The van der Waals surface area contributed by atoms with Crippen molar-refractivity contribution in [3.63, 3.8) is 0 Å². The van der Waals surface area contributed by atoms with Crippen LogP contribution in [0.25, 0.3) is 0 Å². The zero-order chi connectivity index (χ0) is 25.5. The summed E-state index contributed by atoms with van der Waals surface area (Å²) >= 11 is 0. The molecule has 6 rings (SSSR count). The van der Waals surface area contributed by atoms with Gasteiger partial charge < -0.3 is 5.32 Å². The minimum atomic E-state index is -0.463. The zero-order valence-electron chi connectivity index (χ0n) is 20.2. The zero-order valence-corrected chi connectivity index (χ0v) is 20.2. The minimum absolute atomic E-state index is 0.0922. The van der Waals surface area contributed by atoms with Crippen molar-refractivity contribution >= 4 is 28.9 Å². The van der Waals surface area contributed by atoms with Crippen LogP contribution >= 0.6 is 0 Å². The maximum Gasteiger partial charge on any atom is 0.294 e. The van der Waals surface area contributed by atoms with Gasteiger partial charge in [-0.15, -0.1) is 0 Å². The lowest BCUT2D eigenvalue weighted by atomic mass is 9.85. The predicted octanol–water partition coefficient (Wildman–Crippen LogP) is 5.54. The van der Waals surface area contributed by atoms with E-state index >= 15 is 0 Å². The Morgan fingerprint density at radius 2 is 1.43 bits per heavy atom. The quantitative estimate of drug-likeness (QED) is 0.192. The number of benzene rings is 3. The number of hydrogen-bond acceptors (Lipinski definition) is 5. The smallest absolute Gasteiger partial charge is 0.294 e. The van der Waals surface area contributed by atoms with Gasteiger partial charge in [-0.25, -0.2) is 4.90 Å². The first-order chi connectivity index (χ1) is 18.0. The Kier molecular flexibility index (Phi) is 5.83. The summed E-state index contributed by atoms with van der Waals surface area (Å²) < 4.78 is 0. The summed E-state index contributed by atoms with van der Waals surface area (Å²) in [4.78, 5) is 39.0. The Morgan fingerprint density at radius 1 is 0.865 bits per heavy atom. The number of amides is 2. The summed E-state index contributed by atoms with van der Waals surface area (Å²) in [7, 11) is 0. The van der Waals surface area contributed by atoms with Crippen molar-refractivity contribution in [2.45, 2.75) is 18.8 Å². The van der Waals surface area contributed by atoms with Gasteiger partial charge in [-0.1, -0.05) is 72.8 Å². The van der Waals surface area contributed by atoms with Crippen LogP contribution in [0.4, 0.5) is 17.1 Å². The second kappa shape index (κ2) is 9.32. The molecule has 2 bridgehead atoms. The molecule has 3 aliphatic rings. The number of imide groups is 1. The average Bonchev–Trinajstić information content (AvgIpc) is 3.61. The Bertz CT molecular complexity index is 1320. The van der Waals surface area contributed by atoms with E-state index in [-0.39, 0.29) is 52.8 Å². The summed E-state index contributed by atoms with van der Waals surface area (Å²) in [5.74, 6) is -0.842. The minimum Gasteiger partial charge on any atom is -0.379 e. The van der Waals surface area contributed by atoms with Gasteiger partial charge in [0.1, 0.15) is 5.69 Å². The molecule has 1 heterocycles. The molecule has 4 atom stereocenters. The predicted molar refractivity (Wildman–Crippen MR) is 141 cm³/mol. The first kappa shape index (κ1) is 23.2. The normalized spacial score (nSPS) is 23.6. The van der Waals surface area contributed by atoms with Crippen molar-refractivity contribution < 1.29 is 14.5 Å². The number of rotatable bonds is 8. The molecule has 1 aliphatic heterocycles. The van der Waals surface area contributed by atoms with E-state index in [0.717, 1.165) is 12.8 Å². The van der Waals surface area contributed by atoms with Crippen LogP contribution < -0.4 is 10.2 Å². The van der Waals surface area contributed by atoms with Gasteiger partial charge in [0.15, 0.2) is 0 Å². The number of allylic oxidation sites excluding steroid dienone is 2. The second-order valence-electron chi connectivity index (χ2n) is 10.1. The molecular formula is C30H27N3O4. The van der Waals surface area contributed by atoms with Gasteiger partial charge in [0, 0.05) is 18.5 Å². The van der Waals surface area contributed by atoms with E-state index in [9.17, 15) is 19.7 Å². The largest absolute Gasteiger partial charge is 0.379 e.